The predicted molar refractivity (Wildman–Crippen MR) is 39.1 cm³/mol. The zero-order valence-corrected chi connectivity index (χ0v) is 6.02. The van der Waals surface area contributed by atoms with Crippen molar-refractivity contribution in [1.82, 2.24) is 9.97 Å². The second-order valence-electron chi connectivity index (χ2n) is 2.02. The number of carbonyl (C=O) groups is 2. The van der Waals surface area contributed by atoms with Crippen LogP contribution in [-0.2, 0) is 0 Å². The Hall–Kier alpha value is -1.98. The molecule has 0 saturated heterocycles. The molecule has 2 amide bonds. The Kier molecular flexibility index (Phi) is 2.00. The molecule has 6 heteroatoms. The largest absolute Gasteiger partial charge is 0.366 e. The standard InChI is InChI=1S/C6H6N4O2/c7-4(11)3-1-9-6(5(8)12)10-2-3/h1-2H,(H2,7,11)(H2,8,12). The summed E-state index contributed by atoms with van der Waals surface area (Å²) in [5, 5.41) is 0. The highest BCUT2D eigenvalue weighted by molar-refractivity contribution is 5.93. The average Bonchev–Trinajstić information content (AvgIpc) is 2.04. The van der Waals surface area contributed by atoms with Crippen molar-refractivity contribution in [2.75, 3.05) is 0 Å². The van der Waals surface area contributed by atoms with Crippen LogP contribution < -0.4 is 11.5 Å². The van der Waals surface area contributed by atoms with E-state index in [1.807, 2.05) is 0 Å². The van der Waals surface area contributed by atoms with Gasteiger partial charge in [0, 0.05) is 12.4 Å². The van der Waals surface area contributed by atoms with Gasteiger partial charge in [-0.05, 0) is 0 Å². The van der Waals surface area contributed by atoms with Gasteiger partial charge in [-0.25, -0.2) is 9.97 Å². The molecule has 1 aromatic rings. The van der Waals surface area contributed by atoms with Gasteiger partial charge in [0.05, 0.1) is 5.56 Å². The molecule has 1 rings (SSSR count). The van der Waals surface area contributed by atoms with Crippen LogP contribution in [0.25, 0.3) is 0 Å². The summed E-state index contributed by atoms with van der Waals surface area (Å²) < 4.78 is 0. The first-order valence-corrected chi connectivity index (χ1v) is 3.03. The van der Waals surface area contributed by atoms with E-state index in [0.29, 0.717) is 0 Å². The summed E-state index contributed by atoms with van der Waals surface area (Å²) in [5.41, 5.74) is 9.90. The van der Waals surface area contributed by atoms with Crippen LogP contribution in [0, 0.1) is 0 Å². The Morgan fingerprint density at radius 2 is 1.58 bits per heavy atom. The van der Waals surface area contributed by atoms with Gasteiger partial charge in [0.25, 0.3) is 11.8 Å². The Balaban J connectivity index is 3.01. The fourth-order valence-electron chi connectivity index (χ4n) is 0.583. The summed E-state index contributed by atoms with van der Waals surface area (Å²) >= 11 is 0. The fraction of sp³-hybridized carbons (Fsp3) is 0. The third-order valence-electron chi connectivity index (χ3n) is 1.16. The van der Waals surface area contributed by atoms with Crippen molar-refractivity contribution in [1.29, 1.82) is 0 Å². The van der Waals surface area contributed by atoms with Gasteiger partial charge in [-0.3, -0.25) is 9.59 Å². The summed E-state index contributed by atoms with van der Waals surface area (Å²) in [5.74, 6) is -1.53. The predicted octanol–water partition coefficient (Wildman–Crippen LogP) is -1.33. The minimum absolute atomic E-state index is 0.139. The third-order valence-corrected chi connectivity index (χ3v) is 1.16. The highest BCUT2D eigenvalue weighted by atomic mass is 16.1. The van der Waals surface area contributed by atoms with Gasteiger partial charge in [0.2, 0.25) is 5.82 Å². The number of primary amides is 2. The number of hydrogen-bond acceptors (Lipinski definition) is 4. The molecule has 1 aromatic heterocycles. The maximum Gasteiger partial charge on any atom is 0.286 e. The van der Waals surface area contributed by atoms with Gasteiger partial charge in [-0.1, -0.05) is 0 Å². The van der Waals surface area contributed by atoms with Crippen LogP contribution in [0.15, 0.2) is 12.4 Å². The van der Waals surface area contributed by atoms with Gasteiger partial charge in [-0.2, -0.15) is 0 Å². The number of hydrogen-bond donors (Lipinski definition) is 2. The number of aromatic nitrogens is 2. The van der Waals surface area contributed by atoms with Gasteiger partial charge in [0.15, 0.2) is 0 Å². The zero-order valence-electron chi connectivity index (χ0n) is 6.02. The lowest BCUT2D eigenvalue weighted by Gasteiger charge is -1.94. The van der Waals surface area contributed by atoms with Crippen molar-refractivity contribution in [3.8, 4) is 0 Å². The monoisotopic (exact) mass is 166 g/mol. The molecule has 6 nitrogen and oxygen atoms in total. The average molecular weight is 166 g/mol. The normalized spacial score (nSPS) is 9.33. The van der Waals surface area contributed by atoms with E-state index in [9.17, 15) is 9.59 Å². The number of carbonyl (C=O) groups excluding carboxylic acids is 2. The smallest absolute Gasteiger partial charge is 0.286 e. The van der Waals surface area contributed by atoms with Gasteiger partial charge in [-0.15, -0.1) is 0 Å². The molecule has 1 heterocycles. The Bertz CT molecular complexity index is 286. The van der Waals surface area contributed by atoms with E-state index in [0.717, 1.165) is 12.4 Å². The summed E-state index contributed by atoms with van der Waals surface area (Å²) in [6.45, 7) is 0. The lowest BCUT2D eigenvalue weighted by atomic mass is 10.3. The molecule has 0 unspecified atom stereocenters. The molecule has 0 spiro atoms. The Morgan fingerprint density at radius 3 is 1.92 bits per heavy atom. The number of nitrogens with two attached hydrogens (primary N) is 2. The summed E-state index contributed by atoms with van der Waals surface area (Å²) in [6, 6.07) is 0. The van der Waals surface area contributed by atoms with Crippen molar-refractivity contribution in [2.45, 2.75) is 0 Å². The lowest BCUT2D eigenvalue weighted by molar-refractivity contribution is 0.0979. The van der Waals surface area contributed by atoms with Crippen LogP contribution in [0.4, 0.5) is 0 Å². The van der Waals surface area contributed by atoms with Crippen LogP contribution in [0.1, 0.15) is 21.0 Å². The van der Waals surface area contributed by atoms with E-state index in [4.69, 9.17) is 11.5 Å². The summed E-state index contributed by atoms with van der Waals surface area (Å²) in [7, 11) is 0. The van der Waals surface area contributed by atoms with Crippen LogP contribution in [-0.4, -0.2) is 21.8 Å². The highest BCUT2D eigenvalue weighted by Crippen LogP contribution is 1.93. The quantitative estimate of drug-likeness (QED) is 0.567. The molecule has 0 fully saturated rings. The molecular weight excluding hydrogens is 160 g/mol. The van der Waals surface area contributed by atoms with E-state index >= 15 is 0 Å². The van der Waals surface area contributed by atoms with Crippen molar-refractivity contribution < 1.29 is 9.59 Å². The van der Waals surface area contributed by atoms with E-state index in [-0.39, 0.29) is 11.4 Å². The van der Waals surface area contributed by atoms with Crippen molar-refractivity contribution in [3.05, 3.63) is 23.8 Å². The van der Waals surface area contributed by atoms with Crippen molar-refractivity contribution in [2.24, 2.45) is 11.5 Å². The van der Waals surface area contributed by atoms with Crippen LogP contribution in [0.3, 0.4) is 0 Å². The third kappa shape index (κ3) is 1.54. The summed E-state index contributed by atoms with van der Waals surface area (Å²) in [6.07, 6.45) is 2.30. The molecule has 0 aliphatic heterocycles. The molecule has 0 atom stereocenters. The fourth-order valence-corrected chi connectivity index (χ4v) is 0.583. The van der Waals surface area contributed by atoms with Gasteiger partial charge < -0.3 is 11.5 Å². The molecule has 12 heavy (non-hydrogen) atoms. The van der Waals surface area contributed by atoms with Gasteiger partial charge >= 0.3 is 0 Å². The first-order chi connectivity index (χ1) is 5.61. The number of amides is 2. The topological polar surface area (TPSA) is 112 Å². The van der Waals surface area contributed by atoms with E-state index in [2.05, 4.69) is 9.97 Å². The molecule has 0 saturated carbocycles. The van der Waals surface area contributed by atoms with E-state index in [1.54, 1.807) is 0 Å². The first kappa shape index (κ1) is 8.12. The van der Waals surface area contributed by atoms with Crippen LogP contribution >= 0.6 is 0 Å². The van der Waals surface area contributed by atoms with E-state index in [1.165, 1.54) is 0 Å². The van der Waals surface area contributed by atoms with E-state index < -0.39 is 11.8 Å². The van der Waals surface area contributed by atoms with Crippen molar-refractivity contribution in [3.63, 3.8) is 0 Å². The van der Waals surface area contributed by atoms with Crippen LogP contribution in [0.2, 0.25) is 0 Å². The van der Waals surface area contributed by atoms with Crippen molar-refractivity contribution >= 4 is 11.8 Å². The Labute approximate surface area is 67.6 Å². The molecule has 0 aromatic carbocycles. The number of nitrogens with zero attached hydrogens (tertiary/aromatic N) is 2. The zero-order chi connectivity index (χ0) is 9.14. The molecule has 0 bridgehead atoms. The maximum atomic E-state index is 10.5. The molecule has 0 aliphatic carbocycles. The molecule has 0 radical (unpaired) electrons. The van der Waals surface area contributed by atoms with Crippen LogP contribution in [0.5, 0.6) is 0 Å². The minimum Gasteiger partial charge on any atom is -0.366 e. The molecule has 62 valence electrons. The second kappa shape index (κ2) is 2.95. The first-order valence-electron chi connectivity index (χ1n) is 3.03. The SMILES string of the molecule is NC(=O)c1cnc(C(N)=O)nc1. The molecule has 0 aliphatic rings. The Morgan fingerprint density at radius 1 is 1.08 bits per heavy atom. The molecular formula is C6H6N4O2. The molecule has 4 N–H and O–H groups in total. The minimum atomic E-state index is -0.744. The maximum absolute atomic E-state index is 10.5. The number of rotatable bonds is 2. The second-order valence-corrected chi connectivity index (χ2v) is 2.02. The lowest BCUT2D eigenvalue weighted by Crippen LogP contribution is -2.17. The highest BCUT2D eigenvalue weighted by Gasteiger charge is 2.05. The summed E-state index contributed by atoms with van der Waals surface area (Å²) in [4.78, 5) is 28.0. The van der Waals surface area contributed by atoms with Gasteiger partial charge in [0.1, 0.15) is 0 Å².